The lowest BCUT2D eigenvalue weighted by Gasteiger charge is -2.40. The molecule has 108 valence electrons. The zero-order chi connectivity index (χ0) is 13.8. The van der Waals surface area contributed by atoms with E-state index in [2.05, 4.69) is 19.2 Å². The summed E-state index contributed by atoms with van der Waals surface area (Å²) < 4.78 is 36.2. The van der Waals surface area contributed by atoms with Gasteiger partial charge in [0.15, 0.2) is 0 Å². The molecule has 0 radical (unpaired) electrons. The van der Waals surface area contributed by atoms with E-state index in [9.17, 15) is 13.2 Å². The van der Waals surface area contributed by atoms with Gasteiger partial charge in [-0.25, -0.2) is 0 Å². The summed E-state index contributed by atoms with van der Waals surface area (Å²) in [7, 11) is 0. The Balaban J connectivity index is 2.28. The first-order valence-corrected chi connectivity index (χ1v) is 7.03. The zero-order valence-electron chi connectivity index (χ0n) is 11.7. The zero-order valence-corrected chi connectivity index (χ0v) is 11.7. The van der Waals surface area contributed by atoms with Crippen LogP contribution in [0.25, 0.3) is 0 Å². The van der Waals surface area contributed by atoms with Crippen LogP contribution < -0.4 is 5.32 Å². The normalized spacial score (nSPS) is 26.0. The standard InChI is InChI=1S/C14H26F3N/c1-11(7-6-10-14(15,16)17)18-12-8-4-5-9-13(12,2)3/h11-12,18H,4-10H2,1-3H3. The first kappa shape index (κ1) is 15.8. The maximum Gasteiger partial charge on any atom is 0.389 e. The maximum atomic E-state index is 12.1. The Bertz CT molecular complexity index is 248. The fourth-order valence-electron chi connectivity index (χ4n) is 2.84. The van der Waals surface area contributed by atoms with Crippen molar-refractivity contribution in [1.29, 1.82) is 0 Å². The molecule has 18 heavy (non-hydrogen) atoms. The van der Waals surface area contributed by atoms with Crippen molar-refractivity contribution < 1.29 is 13.2 Å². The summed E-state index contributed by atoms with van der Waals surface area (Å²) in [6.45, 7) is 6.51. The highest BCUT2D eigenvalue weighted by Crippen LogP contribution is 2.35. The number of nitrogens with one attached hydrogen (secondary N) is 1. The molecule has 0 heterocycles. The van der Waals surface area contributed by atoms with Crippen LogP contribution >= 0.6 is 0 Å². The van der Waals surface area contributed by atoms with E-state index in [0.717, 1.165) is 6.42 Å². The van der Waals surface area contributed by atoms with Crippen molar-refractivity contribution in [3.63, 3.8) is 0 Å². The molecule has 1 saturated carbocycles. The molecule has 4 heteroatoms. The summed E-state index contributed by atoms with van der Waals surface area (Å²) in [5.74, 6) is 0. The summed E-state index contributed by atoms with van der Waals surface area (Å²) in [6, 6.07) is 0.627. The van der Waals surface area contributed by atoms with Gasteiger partial charge in [-0.3, -0.25) is 0 Å². The number of hydrogen-bond acceptors (Lipinski definition) is 1. The lowest BCUT2D eigenvalue weighted by atomic mass is 9.73. The highest BCUT2D eigenvalue weighted by molar-refractivity contribution is 4.89. The third kappa shape index (κ3) is 5.59. The van der Waals surface area contributed by atoms with E-state index in [1.165, 1.54) is 19.3 Å². The minimum absolute atomic E-state index is 0.176. The summed E-state index contributed by atoms with van der Waals surface area (Å²) >= 11 is 0. The Morgan fingerprint density at radius 1 is 1.28 bits per heavy atom. The predicted molar refractivity (Wildman–Crippen MR) is 68.5 cm³/mol. The van der Waals surface area contributed by atoms with E-state index in [4.69, 9.17) is 0 Å². The van der Waals surface area contributed by atoms with Crippen molar-refractivity contribution in [1.82, 2.24) is 5.32 Å². The molecule has 1 nitrogen and oxygen atoms in total. The molecule has 2 atom stereocenters. The van der Waals surface area contributed by atoms with E-state index in [-0.39, 0.29) is 17.9 Å². The van der Waals surface area contributed by atoms with Gasteiger partial charge in [-0.1, -0.05) is 26.7 Å². The van der Waals surface area contributed by atoms with Crippen LogP contribution in [0.4, 0.5) is 13.2 Å². The van der Waals surface area contributed by atoms with Crippen molar-refractivity contribution in [2.45, 2.75) is 84.0 Å². The van der Waals surface area contributed by atoms with Crippen LogP contribution in [0.2, 0.25) is 0 Å². The average Bonchev–Trinajstić information content (AvgIpc) is 2.19. The Kier molecular flexibility index (Phi) is 5.50. The molecular weight excluding hydrogens is 239 g/mol. The Morgan fingerprint density at radius 2 is 1.94 bits per heavy atom. The van der Waals surface area contributed by atoms with Crippen LogP contribution in [0.1, 0.15) is 65.7 Å². The Morgan fingerprint density at radius 3 is 2.50 bits per heavy atom. The molecule has 2 unspecified atom stereocenters. The monoisotopic (exact) mass is 265 g/mol. The number of hydrogen-bond donors (Lipinski definition) is 1. The van der Waals surface area contributed by atoms with Crippen LogP contribution in [0.3, 0.4) is 0 Å². The lowest BCUT2D eigenvalue weighted by molar-refractivity contribution is -0.135. The molecule has 1 aliphatic carbocycles. The molecule has 1 rings (SSSR count). The summed E-state index contributed by atoms with van der Waals surface area (Å²) in [5.41, 5.74) is 0.274. The summed E-state index contributed by atoms with van der Waals surface area (Å²) in [5, 5.41) is 3.53. The number of alkyl halides is 3. The quantitative estimate of drug-likeness (QED) is 0.762. The molecule has 1 fully saturated rings. The molecule has 0 aromatic heterocycles. The van der Waals surface area contributed by atoms with Gasteiger partial charge in [0, 0.05) is 18.5 Å². The van der Waals surface area contributed by atoms with Crippen molar-refractivity contribution in [3.8, 4) is 0 Å². The van der Waals surface area contributed by atoms with E-state index >= 15 is 0 Å². The van der Waals surface area contributed by atoms with Crippen molar-refractivity contribution in [2.24, 2.45) is 5.41 Å². The van der Waals surface area contributed by atoms with Crippen LogP contribution in [0.15, 0.2) is 0 Å². The predicted octanol–water partition coefficient (Wildman–Crippen LogP) is 4.67. The summed E-state index contributed by atoms with van der Waals surface area (Å²) in [4.78, 5) is 0. The van der Waals surface area contributed by atoms with Gasteiger partial charge >= 0.3 is 6.18 Å². The Labute approximate surface area is 109 Å². The van der Waals surface area contributed by atoms with Gasteiger partial charge in [-0.15, -0.1) is 0 Å². The number of halogens is 3. The molecule has 0 aromatic carbocycles. The first-order valence-electron chi connectivity index (χ1n) is 7.03. The van der Waals surface area contributed by atoms with Gasteiger partial charge < -0.3 is 5.32 Å². The van der Waals surface area contributed by atoms with Gasteiger partial charge in [0.25, 0.3) is 0 Å². The SMILES string of the molecule is CC(CCCC(F)(F)F)NC1CCCCC1(C)C. The molecule has 0 bridgehead atoms. The minimum atomic E-state index is -4.01. The van der Waals surface area contributed by atoms with Gasteiger partial charge in [0.05, 0.1) is 0 Å². The molecular formula is C14H26F3N. The van der Waals surface area contributed by atoms with E-state index < -0.39 is 12.6 Å². The smallest absolute Gasteiger partial charge is 0.311 e. The second-order valence-electron chi connectivity index (χ2n) is 6.36. The number of rotatable bonds is 5. The minimum Gasteiger partial charge on any atom is -0.311 e. The van der Waals surface area contributed by atoms with E-state index in [1.807, 2.05) is 6.92 Å². The topological polar surface area (TPSA) is 12.0 Å². The molecule has 0 spiro atoms. The van der Waals surface area contributed by atoms with Gasteiger partial charge in [-0.05, 0) is 38.0 Å². The van der Waals surface area contributed by atoms with Gasteiger partial charge in [0.2, 0.25) is 0 Å². The van der Waals surface area contributed by atoms with Gasteiger partial charge in [0.1, 0.15) is 0 Å². The van der Waals surface area contributed by atoms with E-state index in [1.54, 1.807) is 0 Å². The molecule has 0 aliphatic heterocycles. The van der Waals surface area contributed by atoms with Crippen molar-refractivity contribution in [3.05, 3.63) is 0 Å². The third-order valence-electron chi connectivity index (χ3n) is 4.09. The summed E-state index contributed by atoms with van der Waals surface area (Å²) in [6.07, 6.45) is 1.02. The van der Waals surface area contributed by atoms with Crippen molar-refractivity contribution >= 4 is 0 Å². The lowest BCUT2D eigenvalue weighted by Crippen LogP contribution is -2.47. The maximum absolute atomic E-state index is 12.1. The molecule has 0 aromatic rings. The van der Waals surface area contributed by atoms with E-state index in [0.29, 0.717) is 12.5 Å². The fraction of sp³-hybridized carbons (Fsp3) is 1.00. The molecule has 0 saturated heterocycles. The van der Waals surface area contributed by atoms with Crippen LogP contribution in [0, 0.1) is 5.41 Å². The van der Waals surface area contributed by atoms with Crippen LogP contribution in [0.5, 0.6) is 0 Å². The second-order valence-corrected chi connectivity index (χ2v) is 6.36. The first-order chi connectivity index (χ1) is 8.21. The molecule has 0 amide bonds. The largest absolute Gasteiger partial charge is 0.389 e. The highest BCUT2D eigenvalue weighted by Gasteiger charge is 2.33. The van der Waals surface area contributed by atoms with Crippen molar-refractivity contribution in [2.75, 3.05) is 0 Å². The average molecular weight is 265 g/mol. The Hall–Kier alpha value is -0.250. The molecule has 1 aliphatic rings. The highest BCUT2D eigenvalue weighted by atomic mass is 19.4. The van der Waals surface area contributed by atoms with Crippen LogP contribution in [-0.4, -0.2) is 18.3 Å². The fourth-order valence-corrected chi connectivity index (χ4v) is 2.84. The van der Waals surface area contributed by atoms with Crippen LogP contribution in [-0.2, 0) is 0 Å². The van der Waals surface area contributed by atoms with Gasteiger partial charge in [-0.2, -0.15) is 13.2 Å². The second kappa shape index (κ2) is 6.27. The third-order valence-corrected chi connectivity index (χ3v) is 4.09. The molecule has 1 N–H and O–H groups in total.